The first-order valence-electron chi connectivity index (χ1n) is 11.0. The van der Waals surface area contributed by atoms with Gasteiger partial charge in [-0.1, -0.05) is 6.07 Å². The normalized spacial score (nSPS) is 19.2. The monoisotopic (exact) mass is 493 g/mol. The number of phenolic OH excluding ortho intramolecular Hbond substituents is 1. The summed E-state index contributed by atoms with van der Waals surface area (Å²) in [5.41, 5.74) is -1.72. The molecular formula is C25H26F3NO6. The Morgan fingerprint density at radius 1 is 1.06 bits per heavy atom. The summed E-state index contributed by atoms with van der Waals surface area (Å²) in [6.07, 6.45) is -5.16. The van der Waals surface area contributed by atoms with Gasteiger partial charge in [0.15, 0.2) is 11.5 Å². The highest BCUT2D eigenvalue weighted by atomic mass is 19.4. The van der Waals surface area contributed by atoms with E-state index in [-0.39, 0.29) is 52.3 Å². The average Bonchev–Trinajstić information content (AvgIpc) is 2.79. The molecule has 188 valence electrons. The summed E-state index contributed by atoms with van der Waals surface area (Å²) in [5, 5.41) is 10.5. The summed E-state index contributed by atoms with van der Waals surface area (Å²) in [6.45, 7) is 4.91. The second-order valence-electron chi connectivity index (χ2n) is 8.59. The zero-order valence-corrected chi connectivity index (χ0v) is 19.7. The van der Waals surface area contributed by atoms with Crippen LogP contribution in [0.25, 0.3) is 22.1 Å². The number of rotatable bonds is 5. The fourth-order valence-corrected chi connectivity index (χ4v) is 4.55. The second kappa shape index (κ2) is 9.43. The van der Waals surface area contributed by atoms with Gasteiger partial charge in [-0.2, -0.15) is 13.2 Å². The lowest BCUT2D eigenvalue weighted by molar-refractivity contribution is -0.152. The molecule has 4 rings (SSSR count). The van der Waals surface area contributed by atoms with E-state index in [4.69, 9.17) is 18.6 Å². The summed E-state index contributed by atoms with van der Waals surface area (Å²) < 4.78 is 64.0. The van der Waals surface area contributed by atoms with Crippen molar-refractivity contribution >= 4 is 11.0 Å². The van der Waals surface area contributed by atoms with Crippen LogP contribution in [0.1, 0.15) is 25.2 Å². The van der Waals surface area contributed by atoms with E-state index in [1.54, 1.807) is 0 Å². The van der Waals surface area contributed by atoms with Gasteiger partial charge in [0.1, 0.15) is 11.3 Å². The van der Waals surface area contributed by atoms with Crippen LogP contribution in [0.4, 0.5) is 13.2 Å². The maximum atomic E-state index is 14.2. The van der Waals surface area contributed by atoms with E-state index in [9.17, 15) is 23.1 Å². The molecule has 2 aromatic carbocycles. The van der Waals surface area contributed by atoms with Gasteiger partial charge in [-0.05, 0) is 43.7 Å². The number of hydrogen-bond acceptors (Lipinski definition) is 7. The fraction of sp³-hybridized carbons (Fsp3) is 0.400. The number of morpholine rings is 1. The molecule has 2 atom stereocenters. The van der Waals surface area contributed by atoms with Crippen LogP contribution in [-0.4, -0.2) is 49.5 Å². The predicted octanol–water partition coefficient (Wildman–Crippen LogP) is 4.81. The van der Waals surface area contributed by atoms with E-state index in [1.165, 1.54) is 44.6 Å². The zero-order chi connectivity index (χ0) is 25.5. The van der Waals surface area contributed by atoms with E-state index in [2.05, 4.69) is 0 Å². The number of benzene rings is 2. The van der Waals surface area contributed by atoms with Gasteiger partial charge in [0.25, 0.3) is 0 Å². The van der Waals surface area contributed by atoms with Crippen LogP contribution >= 0.6 is 0 Å². The quantitative estimate of drug-likeness (QED) is 0.546. The number of phenols is 1. The summed E-state index contributed by atoms with van der Waals surface area (Å²) in [4.78, 5) is 15.4. The third kappa shape index (κ3) is 4.81. The van der Waals surface area contributed by atoms with E-state index in [0.29, 0.717) is 18.8 Å². The molecule has 1 aromatic heterocycles. The Kier molecular flexibility index (Phi) is 6.70. The Morgan fingerprint density at radius 2 is 1.71 bits per heavy atom. The maximum absolute atomic E-state index is 14.2. The van der Waals surface area contributed by atoms with Crippen LogP contribution in [0.5, 0.6) is 17.2 Å². The molecule has 1 aliphatic heterocycles. The SMILES string of the molecule is COc1ccc(-c2c(C(F)(F)F)oc3c(CN4C[C@@H](C)O[C@@H](C)C4)c(O)ccc3c2=O)cc1OC. The molecule has 10 heteroatoms. The average molecular weight is 493 g/mol. The van der Waals surface area contributed by atoms with Crippen LogP contribution in [0.3, 0.4) is 0 Å². The highest BCUT2D eigenvalue weighted by Gasteiger charge is 2.40. The number of ether oxygens (including phenoxy) is 3. The number of alkyl halides is 3. The number of hydrogen-bond donors (Lipinski definition) is 1. The molecule has 0 radical (unpaired) electrons. The summed E-state index contributed by atoms with van der Waals surface area (Å²) >= 11 is 0. The first-order chi connectivity index (χ1) is 16.5. The lowest BCUT2D eigenvalue weighted by Crippen LogP contribution is -2.44. The molecule has 1 fully saturated rings. The summed E-state index contributed by atoms with van der Waals surface area (Å²) in [7, 11) is 2.74. The lowest BCUT2D eigenvalue weighted by atomic mass is 9.99. The van der Waals surface area contributed by atoms with E-state index in [1.807, 2.05) is 18.7 Å². The van der Waals surface area contributed by atoms with E-state index < -0.39 is 22.9 Å². The molecule has 35 heavy (non-hydrogen) atoms. The Balaban J connectivity index is 1.93. The van der Waals surface area contributed by atoms with Gasteiger partial charge in [0.2, 0.25) is 11.2 Å². The van der Waals surface area contributed by atoms with Crippen molar-refractivity contribution in [2.75, 3.05) is 27.3 Å². The molecule has 0 bridgehead atoms. The van der Waals surface area contributed by atoms with Crippen molar-refractivity contribution < 1.29 is 36.9 Å². The maximum Gasteiger partial charge on any atom is 0.450 e. The van der Waals surface area contributed by atoms with Gasteiger partial charge in [-0.3, -0.25) is 9.69 Å². The Bertz CT molecular complexity index is 1290. The summed E-state index contributed by atoms with van der Waals surface area (Å²) in [5.74, 6) is -1.23. The van der Waals surface area contributed by atoms with Crippen LogP contribution < -0.4 is 14.9 Å². The molecule has 1 aliphatic rings. The smallest absolute Gasteiger partial charge is 0.450 e. The van der Waals surface area contributed by atoms with Gasteiger partial charge >= 0.3 is 6.18 Å². The second-order valence-corrected chi connectivity index (χ2v) is 8.59. The largest absolute Gasteiger partial charge is 0.507 e. The Hall–Kier alpha value is -3.24. The molecule has 3 aromatic rings. The van der Waals surface area contributed by atoms with Crippen LogP contribution in [-0.2, 0) is 17.5 Å². The van der Waals surface area contributed by atoms with Crippen molar-refractivity contribution in [1.29, 1.82) is 0 Å². The van der Waals surface area contributed by atoms with Crippen molar-refractivity contribution in [3.8, 4) is 28.4 Å². The number of nitrogens with zero attached hydrogens (tertiary/aromatic N) is 1. The van der Waals surface area contributed by atoms with Gasteiger partial charge in [-0.25, -0.2) is 0 Å². The fourth-order valence-electron chi connectivity index (χ4n) is 4.55. The topological polar surface area (TPSA) is 81.4 Å². The molecule has 0 unspecified atom stereocenters. The van der Waals surface area contributed by atoms with Gasteiger partial charge in [0, 0.05) is 19.6 Å². The number of methoxy groups -OCH3 is 2. The summed E-state index contributed by atoms with van der Waals surface area (Å²) in [6, 6.07) is 6.62. The minimum Gasteiger partial charge on any atom is -0.507 e. The first-order valence-corrected chi connectivity index (χ1v) is 11.0. The number of aromatic hydroxyl groups is 1. The zero-order valence-electron chi connectivity index (χ0n) is 19.7. The third-order valence-corrected chi connectivity index (χ3v) is 5.95. The molecule has 0 aliphatic carbocycles. The van der Waals surface area contributed by atoms with Crippen molar-refractivity contribution in [2.24, 2.45) is 0 Å². The Morgan fingerprint density at radius 3 is 2.31 bits per heavy atom. The molecule has 0 saturated carbocycles. The molecule has 7 nitrogen and oxygen atoms in total. The first kappa shape index (κ1) is 24.9. The van der Waals surface area contributed by atoms with Crippen molar-refractivity contribution in [3.63, 3.8) is 0 Å². The molecule has 0 amide bonds. The third-order valence-electron chi connectivity index (χ3n) is 5.95. The number of halogens is 3. The lowest BCUT2D eigenvalue weighted by Gasteiger charge is -2.35. The van der Waals surface area contributed by atoms with Crippen molar-refractivity contribution in [3.05, 3.63) is 51.9 Å². The minimum atomic E-state index is -4.97. The van der Waals surface area contributed by atoms with Crippen LogP contribution in [0.2, 0.25) is 0 Å². The molecule has 1 N–H and O–H groups in total. The van der Waals surface area contributed by atoms with Crippen LogP contribution in [0, 0.1) is 0 Å². The predicted molar refractivity (Wildman–Crippen MR) is 123 cm³/mol. The van der Waals surface area contributed by atoms with Crippen molar-refractivity contribution in [1.82, 2.24) is 4.90 Å². The van der Waals surface area contributed by atoms with Gasteiger partial charge in [0.05, 0.1) is 42.9 Å². The molecule has 1 saturated heterocycles. The molecule has 2 heterocycles. The minimum absolute atomic E-state index is 0.0314. The Labute approximate surface area is 199 Å². The molecule has 0 spiro atoms. The highest BCUT2D eigenvalue weighted by Crippen LogP contribution is 2.41. The highest BCUT2D eigenvalue weighted by molar-refractivity contribution is 5.87. The van der Waals surface area contributed by atoms with Gasteiger partial charge < -0.3 is 23.7 Å². The number of fused-ring (bicyclic) bond motifs is 1. The van der Waals surface area contributed by atoms with E-state index in [0.717, 1.165) is 0 Å². The molecular weight excluding hydrogens is 467 g/mol. The van der Waals surface area contributed by atoms with Gasteiger partial charge in [-0.15, -0.1) is 0 Å². The van der Waals surface area contributed by atoms with Crippen molar-refractivity contribution in [2.45, 2.75) is 38.8 Å². The van der Waals surface area contributed by atoms with Crippen LogP contribution in [0.15, 0.2) is 39.5 Å². The van der Waals surface area contributed by atoms with E-state index >= 15 is 0 Å². The standard InChI is InChI=1S/C25H26F3NO6/c1-13-10-29(11-14(2)34-13)12-17-18(30)7-6-16-22(31)21(24(25(26,27)28)35-23(16)17)15-5-8-19(32-3)20(9-15)33-4/h5-9,13-14,30H,10-12H2,1-4H3/t13-,14+.